The monoisotopic (exact) mass is 160 g/mol. The molecule has 2 nitrogen and oxygen atoms in total. The highest BCUT2D eigenvalue weighted by Gasteiger charge is 1.99. The molecule has 1 heterocycles. The van der Waals surface area contributed by atoms with Crippen LogP contribution in [0.5, 0.6) is 0 Å². The second-order valence-corrected chi connectivity index (χ2v) is 2.89. The summed E-state index contributed by atoms with van der Waals surface area (Å²) in [5, 5.41) is 2.56. The number of rotatable bonds is 2. The van der Waals surface area contributed by atoms with E-state index in [4.69, 9.17) is 5.73 Å². The predicted octanol–water partition coefficient (Wildman–Crippen LogP) is 1.67. The summed E-state index contributed by atoms with van der Waals surface area (Å²) in [5.41, 5.74) is 6.73. The predicted molar refractivity (Wildman–Crippen MR) is 51.1 cm³/mol. The summed E-state index contributed by atoms with van der Waals surface area (Å²) in [6.45, 7) is 0.699. The van der Waals surface area contributed by atoms with Gasteiger partial charge in [-0.05, 0) is 11.9 Å². The molecular formula is C10H12N2. The number of H-pyrrole nitrogens is 1. The molecule has 0 aliphatic heterocycles. The molecular weight excluding hydrogens is 148 g/mol. The summed E-state index contributed by atoms with van der Waals surface area (Å²) in [7, 11) is 0. The Kier molecular flexibility index (Phi) is 1.84. The number of aromatic nitrogens is 1. The number of nitrogens with one attached hydrogen (secondary N) is 1. The molecule has 2 rings (SSSR count). The molecule has 0 amide bonds. The van der Waals surface area contributed by atoms with Crippen molar-refractivity contribution < 1.29 is 0 Å². The fraction of sp³-hybridized carbons (Fsp3) is 0.200. The van der Waals surface area contributed by atoms with E-state index in [1.54, 1.807) is 0 Å². The fourth-order valence-electron chi connectivity index (χ4n) is 1.49. The minimum Gasteiger partial charge on any atom is -0.364 e. The van der Waals surface area contributed by atoms with Crippen LogP contribution >= 0.6 is 0 Å². The Morgan fingerprint density at radius 2 is 2.08 bits per heavy atom. The fourth-order valence-corrected chi connectivity index (χ4v) is 1.49. The van der Waals surface area contributed by atoms with E-state index in [0.717, 1.165) is 6.42 Å². The molecule has 2 heteroatoms. The third-order valence-electron chi connectivity index (χ3n) is 2.08. The molecule has 0 bridgehead atoms. The lowest BCUT2D eigenvalue weighted by molar-refractivity contribution is 0.943. The van der Waals surface area contributed by atoms with Gasteiger partial charge < -0.3 is 10.7 Å². The summed E-state index contributed by atoms with van der Waals surface area (Å²) < 4.78 is 0. The minimum atomic E-state index is 0.699. The third kappa shape index (κ3) is 1.10. The van der Waals surface area contributed by atoms with Crippen LogP contribution in [0.3, 0.4) is 0 Å². The maximum atomic E-state index is 5.49. The molecule has 62 valence electrons. The van der Waals surface area contributed by atoms with Crippen molar-refractivity contribution in [2.45, 2.75) is 6.42 Å². The maximum Gasteiger partial charge on any atom is 0.0239 e. The molecule has 12 heavy (non-hydrogen) atoms. The van der Waals surface area contributed by atoms with E-state index in [1.165, 1.54) is 16.5 Å². The first-order valence-corrected chi connectivity index (χ1v) is 4.17. The Bertz CT molecular complexity index is 376. The summed E-state index contributed by atoms with van der Waals surface area (Å²) in [4.78, 5) is 3.23. The van der Waals surface area contributed by atoms with E-state index in [0.29, 0.717) is 6.54 Å². The minimum absolute atomic E-state index is 0.699. The number of nitrogens with two attached hydrogens (primary N) is 1. The SMILES string of the molecule is NCCc1[nH]cc2ccccc12. The van der Waals surface area contributed by atoms with Crippen LogP contribution < -0.4 is 5.73 Å². The van der Waals surface area contributed by atoms with Crippen molar-refractivity contribution in [2.75, 3.05) is 6.54 Å². The molecule has 1 aromatic carbocycles. The van der Waals surface area contributed by atoms with E-state index in [9.17, 15) is 0 Å². The molecule has 2 aromatic rings. The average molecular weight is 160 g/mol. The lowest BCUT2D eigenvalue weighted by Gasteiger charge is -1.94. The van der Waals surface area contributed by atoms with Gasteiger partial charge in [-0.15, -0.1) is 0 Å². The van der Waals surface area contributed by atoms with Gasteiger partial charge in [-0.2, -0.15) is 0 Å². The van der Waals surface area contributed by atoms with E-state index < -0.39 is 0 Å². The largest absolute Gasteiger partial charge is 0.364 e. The van der Waals surface area contributed by atoms with Gasteiger partial charge in [-0.25, -0.2) is 0 Å². The first kappa shape index (κ1) is 7.37. The van der Waals surface area contributed by atoms with Crippen LogP contribution in [0.15, 0.2) is 30.5 Å². The Morgan fingerprint density at radius 1 is 1.25 bits per heavy atom. The van der Waals surface area contributed by atoms with Gasteiger partial charge in [0.05, 0.1) is 0 Å². The van der Waals surface area contributed by atoms with Crippen LogP contribution in [0.25, 0.3) is 10.8 Å². The number of aromatic amines is 1. The highest BCUT2D eigenvalue weighted by Crippen LogP contribution is 2.17. The van der Waals surface area contributed by atoms with Gasteiger partial charge in [-0.1, -0.05) is 24.3 Å². The van der Waals surface area contributed by atoms with E-state index in [1.807, 2.05) is 12.3 Å². The Morgan fingerprint density at radius 3 is 2.92 bits per heavy atom. The van der Waals surface area contributed by atoms with Crippen molar-refractivity contribution in [3.05, 3.63) is 36.2 Å². The maximum absolute atomic E-state index is 5.49. The summed E-state index contributed by atoms with van der Waals surface area (Å²) in [6, 6.07) is 8.32. The van der Waals surface area contributed by atoms with Crippen molar-refractivity contribution in [2.24, 2.45) is 5.73 Å². The zero-order chi connectivity index (χ0) is 8.39. The van der Waals surface area contributed by atoms with Crippen LogP contribution in [0, 0.1) is 0 Å². The van der Waals surface area contributed by atoms with Crippen LogP contribution in [-0.2, 0) is 6.42 Å². The standard InChI is InChI=1S/C10H12N2/c11-6-5-10-9-4-2-1-3-8(9)7-12-10/h1-4,7,12H,5-6,11H2. The molecule has 1 aromatic heterocycles. The topological polar surface area (TPSA) is 41.8 Å². The Hall–Kier alpha value is -1.28. The molecule has 0 aliphatic rings. The first-order chi connectivity index (χ1) is 5.92. The summed E-state index contributed by atoms with van der Waals surface area (Å²) in [6.07, 6.45) is 2.95. The lowest BCUT2D eigenvalue weighted by Crippen LogP contribution is -2.02. The molecule has 0 saturated carbocycles. The quantitative estimate of drug-likeness (QED) is 0.689. The lowest BCUT2D eigenvalue weighted by atomic mass is 10.1. The van der Waals surface area contributed by atoms with Gasteiger partial charge in [-0.3, -0.25) is 0 Å². The van der Waals surface area contributed by atoms with Crippen LogP contribution in [0.2, 0.25) is 0 Å². The van der Waals surface area contributed by atoms with Gasteiger partial charge in [0.25, 0.3) is 0 Å². The second-order valence-electron chi connectivity index (χ2n) is 2.89. The zero-order valence-electron chi connectivity index (χ0n) is 6.88. The van der Waals surface area contributed by atoms with E-state index in [2.05, 4.69) is 23.2 Å². The molecule has 0 aliphatic carbocycles. The van der Waals surface area contributed by atoms with Gasteiger partial charge in [0.1, 0.15) is 0 Å². The van der Waals surface area contributed by atoms with Gasteiger partial charge in [0.2, 0.25) is 0 Å². The smallest absolute Gasteiger partial charge is 0.0239 e. The van der Waals surface area contributed by atoms with E-state index >= 15 is 0 Å². The van der Waals surface area contributed by atoms with Gasteiger partial charge in [0, 0.05) is 23.7 Å². The highest BCUT2D eigenvalue weighted by molar-refractivity contribution is 5.85. The molecule has 0 atom stereocenters. The number of hydrogen-bond donors (Lipinski definition) is 2. The Labute approximate surface area is 71.4 Å². The van der Waals surface area contributed by atoms with Crippen LogP contribution in [-0.4, -0.2) is 11.5 Å². The van der Waals surface area contributed by atoms with Gasteiger partial charge in [0.15, 0.2) is 0 Å². The van der Waals surface area contributed by atoms with E-state index in [-0.39, 0.29) is 0 Å². The van der Waals surface area contributed by atoms with Gasteiger partial charge >= 0.3 is 0 Å². The molecule has 0 unspecified atom stereocenters. The average Bonchev–Trinajstić information content (AvgIpc) is 2.50. The number of fused-ring (bicyclic) bond motifs is 1. The molecule has 0 radical (unpaired) electrons. The van der Waals surface area contributed by atoms with Crippen molar-refractivity contribution in [3.8, 4) is 0 Å². The van der Waals surface area contributed by atoms with Crippen molar-refractivity contribution in [3.63, 3.8) is 0 Å². The van der Waals surface area contributed by atoms with Crippen molar-refractivity contribution in [1.82, 2.24) is 4.98 Å². The summed E-state index contributed by atoms with van der Waals surface area (Å²) in [5.74, 6) is 0. The highest BCUT2D eigenvalue weighted by atomic mass is 14.7. The first-order valence-electron chi connectivity index (χ1n) is 4.17. The second kappa shape index (κ2) is 2.99. The van der Waals surface area contributed by atoms with Crippen molar-refractivity contribution in [1.29, 1.82) is 0 Å². The van der Waals surface area contributed by atoms with Crippen LogP contribution in [0.4, 0.5) is 0 Å². The Balaban J connectivity index is 2.55. The van der Waals surface area contributed by atoms with Crippen LogP contribution in [0.1, 0.15) is 5.69 Å². The molecule has 0 fully saturated rings. The van der Waals surface area contributed by atoms with Crippen molar-refractivity contribution >= 4 is 10.8 Å². The summed E-state index contributed by atoms with van der Waals surface area (Å²) >= 11 is 0. The number of benzene rings is 1. The molecule has 3 N–H and O–H groups in total. The zero-order valence-corrected chi connectivity index (χ0v) is 6.88. The third-order valence-corrected chi connectivity index (χ3v) is 2.08. The molecule has 0 saturated heterocycles. The number of hydrogen-bond acceptors (Lipinski definition) is 1. The normalized spacial score (nSPS) is 10.8. The molecule has 0 spiro atoms.